The SMILES string of the molecule is NC(=S)CN1CCCCc2ccccc21. The first kappa shape index (κ1) is 10.4. The molecular formula is C12H16N2S. The average Bonchev–Trinajstić information content (AvgIpc) is 2.41. The van der Waals surface area contributed by atoms with Gasteiger partial charge in [-0.1, -0.05) is 30.4 Å². The topological polar surface area (TPSA) is 29.3 Å². The second-order valence-corrected chi connectivity index (χ2v) is 4.50. The number of anilines is 1. The fourth-order valence-electron chi connectivity index (χ4n) is 2.12. The highest BCUT2D eigenvalue weighted by Gasteiger charge is 2.14. The van der Waals surface area contributed by atoms with Crippen LogP contribution in [0, 0.1) is 0 Å². The number of fused-ring (bicyclic) bond motifs is 1. The Hall–Kier alpha value is -1.09. The molecule has 0 aliphatic carbocycles. The average molecular weight is 220 g/mol. The molecule has 0 amide bonds. The molecule has 0 atom stereocenters. The van der Waals surface area contributed by atoms with Crippen LogP contribution < -0.4 is 10.6 Å². The first-order chi connectivity index (χ1) is 7.27. The molecule has 1 aliphatic heterocycles. The highest BCUT2D eigenvalue weighted by molar-refractivity contribution is 7.80. The maximum Gasteiger partial charge on any atom is 0.0923 e. The molecule has 0 fully saturated rings. The van der Waals surface area contributed by atoms with Gasteiger partial charge in [0.05, 0.1) is 11.5 Å². The molecule has 0 saturated heterocycles. The van der Waals surface area contributed by atoms with E-state index in [4.69, 9.17) is 18.0 Å². The van der Waals surface area contributed by atoms with Gasteiger partial charge in [-0.15, -0.1) is 0 Å². The Morgan fingerprint density at radius 3 is 2.93 bits per heavy atom. The van der Waals surface area contributed by atoms with Crippen LogP contribution in [0.2, 0.25) is 0 Å². The van der Waals surface area contributed by atoms with Gasteiger partial charge in [-0.2, -0.15) is 0 Å². The van der Waals surface area contributed by atoms with E-state index >= 15 is 0 Å². The number of benzene rings is 1. The lowest BCUT2D eigenvalue weighted by Crippen LogP contribution is -2.33. The molecule has 0 aromatic heterocycles. The fourth-order valence-corrected chi connectivity index (χ4v) is 2.28. The first-order valence-corrected chi connectivity index (χ1v) is 5.79. The van der Waals surface area contributed by atoms with Crippen LogP contribution in [-0.4, -0.2) is 18.1 Å². The Morgan fingerprint density at radius 1 is 1.33 bits per heavy atom. The van der Waals surface area contributed by atoms with Gasteiger partial charge in [0.15, 0.2) is 0 Å². The van der Waals surface area contributed by atoms with Crippen molar-refractivity contribution in [2.45, 2.75) is 19.3 Å². The van der Waals surface area contributed by atoms with E-state index in [1.165, 1.54) is 30.5 Å². The molecule has 0 unspecified atom stereocenters. The van der Waals surface area contributed by atoms with Crippen molar-refractivity contribution in [3.63, 3.8) is 0 Å². The smallest absolute Gasteiger partial charge is 0.0923 e. The summed E-state index contributed by atoms with van der Waals surface area (Å²) in [5, 5.41) is 0. The molecule has 2 rings (SSSR count). The summed E-state index contributed by atoms with van der Waals surface area (Å²) >= 11 is 4.99. The highest BCUT2D eigenvalue weighted by atomic mass is 32.1. The maximum absolute atomic E-state index is 5.62. The number of nitrogens with two attached hydrogens (primary N) is 1. The summed E-state index contributed by atoms with van der Waals surface area (Å²) in [7, 11) is 0. The van der Waals surface area contributed by atoms with Crippen molar-refractivity contribution in [3.05, 3.63) is 29.8 Å². The fraction of sp³-hybridized carbons (Fsp3) is 0.417. The number of para-hydroxylation sites is 1. The van der Waals surface area contributed by atoms with Crippen molar-refractivity contribution in [3.8, 4) is 0 Å². The molecular weight excluding hydrogens is 204 g/mol. The largest absolute Gasteiger partial charge is 0.392 e. The van der Waals surface area contributed by atoms with Crippen molar-refractivity contribution in [1.82, 2.24) is 0 Å². The third-order valence-electron chi connectivity index (χ3n) is 2.80. The molecule has 2 nitrogen and oxygen atoms in total. The van der Waals surface area contributed by atoms with Crippen LogP contribution in [0.1, 0.15) is 18.4 Å². The van der Waals surface area contributed by atoms with Crippen molar-refractivity contribution >= 4 is 22.9 Å². The van der Waals surface area contributed by atoms with Gasteiger partial charge in [-0.05, 0) is 30.9 Å². The van der Waals surface area contributed by atoms with Gasteiger partial charge >= 0.3 is 0 Å². The van der Waals surface area contributed by atoms with E-state index in [0.29, 0.717) is 11.5 Å². The standard InChI is InChI=1S/C12H16N2S/c13-12(15)9-14-8-4-3-6-10-5-1-2-7-11(10)14/h1-2,5,7H,3-4,6,8-9H2,(H2,13,15). The van der Waals surface area contributed by atoms with E-state index in [9.17, 15) is 0 Å². The predicted molar refractivity (Wildman–Crippen MR) is 68.4 cm³/mol. The Bertz CT molecular complexity index is 362. The zero-order valence-electron chi connectivity index (χ0n) is 8.78. The lowest BCUT2D eigenvalue weighted by molar-refractivity contribution is 0.741. The van der Waals surface area contributed by atoms with Gasteiger partial charge in [0.1, 0.15) is 0 Å². The minimum Gasteiger partial charge on any atom is -0.392 e. The van der Waals surface area contributed by atoms with Crippen LogP contribution in [0.15, 0.2) is 24.3 Å². The quantitative estimate of drug-likeness (QED) is 0.774. The molecule has 3 heteroatoms. The Balaban J connectivity index is 2.28. The van der Waals surface area contributed by atoms with Gasteiger partial charge in [-0.3, -0.25) is 0 Å². The van der Waals surface area contributed by atoms with E-state index in [1.54, 1.807) is 0 Å². The molecule has 80 valence electrons. The summed E-state index contributed by atoms with van der Waals surface area (Å²) in [6.45, 7) is 1.76. The lowest BCUT2D eigenvalue weighted by Gasteiger charge is -2.24. The molecule has 0 saturated carbocycles. The van der Waals surface area contributed by atoms with Crippen molar-refractivity contribution in [1.29, 1.82) is 0 Å². The predicted octanol–water partition coefficient (Wildman–Crippen LogP) is 2.12. The first-order valence-electron chi connectivity index (χ1n) is 5.38. The molecule has 0 bridgehead atoms. The second kappa shape index (κ2) is 4.62. The zero-order chi connectivity index (χ0) is 10.7. The monoisotopic (exact) mass is 220 g/mol. The molecule has 0 spiro atoms. The number of nitrogens with zero attached hydrogens (tertiary/aromatic N) is 1. The number of hydrogen-bond acceptors (Lipinski definition) is 2. The van der Waals surface area contributed by atoms with E-state index in [1.807, 2.05) is 0 Å². The van der Waals surface area contributed by atoms with E-state index in [2.05, 4.69) is 29.2 Å². The summed E-state index contributed by atoms with van der Waals surface area (Å²) in [6.07, 6.45) is 3.64. The van der Waals surface area contributed by atoms with Crippen LogP contribution in [0.25, 0.3) is 0 Å². The Labute approximate surface area is 96.1 Å². The van der Waals surface area contributed by atoms with Crippen LogP contribution in [0.3, 0.4) is 0 Å². The summed E-state index contributed by atoms with van der Waals surface area (Å²) in [5.41, 5.74) is 8.35. The summed E-state index contributed by atoms with van der Waals surface area (Å²) in [6, 6.07) is 8.55. The molecule has 15 heavy (non-hydrogen) atoms. The van der Waals surface area contributed by atoms with Gasteiger partial charge in [0, 0.05) is 12.2 Å². The minimum absolute atomic E-state index is 0.576. The molecule has 1 heterocycles. The zero-order valence-corrected chi connectivity index (χ0v) is 9.59. The second-order valence-electron chi connectivity index (χ2n) is 3.97. The lowest BCUT2D eigenvalue weighted by atomic mass is 10.1. The summed E-state index contributed by atoms with van der Waals surface area (Å²) in [5.74, 6) is 0. The van der Waals surface area contributed by atoms with E-state index in [0.717, 1.165) is 6.54 Å². The van der Waals surface area contributed by atoms with Gasteiger partial charge in [0.2, 0.25) is 0 Å². The molecule has 1 aromatic carbocycles. The summed E-state index contributed by atoms with van der Waals surface area (Å²) in [4.78, 5) is 2.87. The van der Waals surface area contributed by atoms with Gasteiger partial charge in [-0.25, -0.2) is 0 Å². The van der Waals surface area contributed by atoms with Gasteiger partial charge in [0.25, 0.3) is 0 Å². The van der Waals surface area contributed by atoms with Crippen LogP contribution in [-0.2, 0) is 6.42 Å². The molecule has 2 N–H and O–H groups in total. The number of rotatable bonds is 2. The molecule has 1 aliphatic rings. The number of thiocarbonyl (C=S) groups is 1. The molecule has 0 radical (unpaired) electrons. The van der Waals surface area contributed by atoms with Crippen molar-refractivity contribution in [2.24, 2.45) is 5.73 Å². The minimum atomic E-state index is 0.576. The third-order valence-corrected chi connectivity index (χ3v) is 2.93. The van der Waals surface area contributed by atoms with Crippen molar-refractivity contribution in [2.75, 3.05) is 18.0 Å². The summed E-state index contributed by atoms with van der Waals surface area (Å²) < 4.78 is 0. The van der Waals surface area contributed by atoms with E-state index < -0.39 is 0 Å². The van der Waals surface area contributed by atoms with Crippen LogP contribution >= 0.6 is 12.2 Å². The third kappa shape index (κ3) is 2.48. The van der Waals surface area contributed by atoms with Gasteiger partial charge < -0.3 is 10.6 Å². The maximum atomic E-state index is 5.62. The van der Waals surface area contributed by atoms with Crippen molar-refractivity contribution < 1.29 is 0 Å². The normalized spacial score (nSPS) is 15.6. The molecule has 1 aromatic rings. The Morgan fingerprint density at radius 2 is 2.13 bits per heavy atom. The Kier molecular flexibility index (Phi) is 3.21. The highest BCUT2D eigenvalue weighted by Crippen LogP contribution is 2.25. The van der Waals surface area contributed by atoms with E-state index in [-0.39, 0.29) is 0 Å². The number of hydrogen-bond donors (Lipinski definition) is 1. The number of aryl methyl sites for hydroxylation is 1. The van der Waals surface area contributed by atoms with Crippen LogP contribution in [0.5, 0.6) is 0 Å². The van der Waals surface area contributed by atoms with Crippen LogP contribution in [0.4, 0.5) is 5.69 Å².